The van der Waals surface area contributed by atoms with Crippen LogP contribution in [0.1, 0.15) is 16.8 Å². The summed E-state index contributed by atoms with van der Waals surface area (Å²) < 4.78 is 13.2. The van der Waals surface area contributed by atoms with Gasteiger partial charge in [-0.25, -0.2) is 9.23 Å². The summed E-state index contributed by atoms with van der Waals surface area (Å²) in [6.45, 7) is 0.561. The van der Waals surface area contributed by atoms with E-state index in [1.807, 2.05) is 14.1 Å². The number of quaternary nitrogens is 1. The minimum absolute atomic E-state index is 0. The number of halogens is 2. The molecule has 1 rings (SSSR count). The van der Waals surface area contributed by atoms with Crippen molar-refractivity contribution in [2.24, 2.45) is 0 Å². The molecular formula is C12H17FINO2. The summed E-state index contributed by atoms with van der Waals surface area (Å²) in [6, 6.07) is 5.75. The fourth-order valence-corrected chi connectivity index (χ4v) is 1.27. The molecule has 0 bridgehead atoms. The molecule has 0 radical (unpaired) electrons. The Bertz CT molecular complexity index is 383. The third-order valence-corrected chi connectivity index (χ3v) is 2.52. The first-order valence-corrected chi connectivity index (χ1v) is 5.12. The van der Waals surface area contributed by atoms with Crippen molar-refractivity contribution in [3.8, 4) is 0 Å². The third-order valence-electron chi connectivity index (χ3n) is 2.52. The van der Waals surface area contributed by atoms with E-state index in [-0.39, 0.29) is 35.6 Å². The molecule has 1 aromatic rings. The molecule has 0 aromatic heterocycles. The largest absolute Gasteiger partial charge is 1.00 e. The van der Waals surface area contributed by atoms with Crippen LogP contribution in [0.4, 0.5) is 4.39 Å². The number of hydrogen-bond donors (Lipinski definition) is 0. The predicted octanol–water partition coefficient (Wildman–Crippen LogP) is -0.960. The molecule has 17 heavy (non-hydrogen) atoms. The zero-order valence-corrected chi connectivity index (χ0v) is 12.4. The van der Waals surface area contributed by atoms with Crippen molar-refractivity contribution in [3.63, 3.8) is 0 Å². The van der Waals surface area contributed by atoms with Crippen molar-refractivity contribution in [2.75, 3.05) is 27.7 Å². The minimum Gasteiger partial charge on any atom is -1.00 e. The molecule has 0 saturated carbocycles. The maximum atomic E-state index is 12.9. The van der Waals surface area contributed by atoms with Crippen LogP contribution in [0.15, 0.2) is 24.3 Å². The van der Waals surface area contributed by atoms with Crippen molar-refractivity contribution >= 4 is 5.78 Å². The molecule has 0 aliphatic heterocycles. The Morgan fingerprint density at radius 2 is 2.06 bits per heavy atom. The molecule has 0 amide bonds. The molecule has 1 aromatic carbocycles. The molecule has 0 atom stereocenters. The highest BCUT2D eigenvalue weighted by Gasteiger charge is 2.17. The molecule has 0 heterocycles. The normalized spacial score (nSPS) is 10.8. The lowest BCUT2D eigenvalue weighted by Gasteiger charge is -2.24. The van der Waals surface area contributed by atoms with Gasteiger partial charge < -0.3 is 24.0 Å². The van der Waals surface area contributed by atoms with Crippen LogP contribution in [-0.2, 0) is 4.84 Å². The number of hydroxylamine groups is 3. The molecule has 0 aliphatic rings. The zero-order valence-electron chi connectivity index (χ0n) is 10.2. The lowest BCUT2D eigenvalue weighted by Crippen LogP contribution is -3.00. The number of nitrogens with zero attached hydrogens (tertiary/aromatic N) is 1. The van der Waals surface area contributed by atoms with E-state index in [9.17, 15) is 9.18 Å². The van der Waals surface area contributed by atoms with Crippen LogP contribution in [0.25, 0.3) is 0 Å². The van der Waals surface area contributed by atoms with Crippen LogP contribution in [-0.4, -0.2) is 38.2 Å². The van der Waals surface area contributed by atoms with Gasteiger partial charge in [0.05, 0.1) is 27.6 Å². The number of hydrogen-bond acceptors (Lipinski definition) is 2. The van der Waals surface area contributed by atoms with Crippen LogP contribution in [0, 0.1) is 5.82 Å². The van der Waals surface area contributed by atoms with Gasteiger partial charge in [-0.15, -0.1) is 0 Å². The number of carbonyl (C=O) groups is 1. The van der Waals surface area contributed by atoms with Crippen LogP contribution in [0.5, 0.6) is 0 Å². The van der Waals surface area contributed by atoms with Crippen LogP contribution in [0.3, 0.4) is 0 Å². The maximum Gasteiger partial charge on any atom is 0.168 e. The fraction of sp³-hybridized carbons (Fsp3) is 0.417. The van der Waals surface area contributed by atoms with Gasteiger partial charge in [-0.3, -0.25) is 4.79 Å². The Balaban J connectivity index is 0.00000256. The van der Waals surface area contributed by atoms with E-state index in [1.165, 1.54) is 12.1 Å². The molecule has 0 spiro atoms. The maximum absolute atomic E-state index is 12.9. The predicted molar refractivity (Wildman–Crippen MR) is 59.3 cm³/mol. The van der Waals surface area contributed by atoms with E-state index in [0.717, 1.165) is 0 Å². The van der Waals surface area contributed by atoms with Gasteiger partial charge in [0.1, 0.15) is 12.4 Å². The quantitative estimate of drug-likeness (QED) is 0.295. The smallest absolute Gasteiger partial charge is 0.168 e. The number of carbonyl (C=O) groups excluding carboxylic acids is 1. The Hall–Kier alpha value is -0.530. The highest BCUT2D eigenvalue weighted by atomic mass is 127. The van der Waals surface area contributed by atoms with Crippen LogP contribution >= 0.6 is 0 Å². The van der Waals surface area contributed by atoms with Crippen LogP contribution in [0.2, 0.25) is 0 Å². The monoisotopic (exact) mass is 353 g/mol. The van der Waals surface area contributed by atoms with Crippen molar-refractivity contribution in [1.82, 2.24) is 0 Å². The number of rotatable bonds is 5. The first kappa shape index (κ1) is 16.5. The van der Waals surface area contributed by atoms with Gasteiger partial charge in [0.2, 0.25) is 0 Å². The van der Waals surface area contributed by atoms with Crippen molar-refractivity contribution in [3.05, 3.63) is 35.6 Å². The summed E-state index contributed by atoms with van der Waals surface area (Å²) in [4.78, 5) is 16.9. The SMILES string of the molecule is CO[N+](C)(C)CCC(=O)c1cccc(F)c1.[I-]. The lowest BCUT2D eigenvalue weighted by atomic mass is 10.1. The molecule has 0 N–H and O–H groups in total. The number of Topliss-reactive ketones (excluding diaryl/α,β-unsaturated/α-hetero) is 1. The third kappa shape index (κ3) is 5.56. The molecule has 0 fully saturated rings. The van der Waals surface area contributed by atoms with Crippen molar-refractivity contribution in [2.45, 2.75) is 6.42 Å². The summed E-state index contributed by atoms with van der Waals surface area (Å²) in [5.41, 5.74) is 0.413. The second kappa shape index (κ2) is 7.03. The average molecular weight is 353 g/mol. The molecule has 0 saturated heterocycles. The van der Waals surface area contributed by atoms with Gasteiger partial charge in [0, 0.05) is 5.56 Å². The molecular weight excluding hydrogens is 336 g/mol. The van der Waals surface area contributed by atoms with Crippen molar-refractivity contribution in [1.29, 1.82) is 0 Å². The van der Waals surface area contributed by atoms with Crippen LogP contribution < -0.4 is 24.0 Å². The molecule has 96 valence electrons. The molecule has 5 heteroatoms. The Labute approximate surface area is 118 Å². The van der Waals surface area contributed by atoms with E-state index in [4.69, 9.17) is 4.84 Å². The summed E-state index contributed by atoms with van der Waals surface area (Å²) in [5.74, 6) is -0.450. The molecule has 0 unspecified atom stereocenters. The lowest BCUT2D eigenvalue weighted by molar-refractivity contribution is -1.07. The summed E-state index contributed by atoms with van der Waals surface area (Å²) in [6.07, 6.45) is 0.338. The van der Waals surface area contributed by atoms with E-state index in [0.29, 0.717) is 23.2 Å². The number of benzene rings is 1. The highest BCUT2D eigenvalue weighted by molar-refractivity contribution is 5.96. The fourth-order valence-electron chi connectivity index (χ4n) is 1.27. The first-order valence-electron chi connectivity index (χ1n) is 5.12. The second-order valence-corrected chi connectivity index (χ2v) is 4.16. The summed E-state index contributed by atoms with van der Waals surface area (Å²) >= 11 is 0. The average Bonchev–Trinajstić information content (AvgIpc) is 2.26. The minimum atomic E-state index is -0.383. The van der Waals surface area contributed by atoms with Gasteiger partial charge in [0.25, 0.3) is 0 Å². The van der Waals surface area contributed by atoms with E-state index < -0.39 is 0 Å². The molecule has 3 nitrogen and oxygen atoms in total. The Morgan fingerprint density at radius 1 is 1.41 bits per heavy atom. The number of ketones is 1. The zero-order chi connectivity index (χ0) is 12.2. The Morgan fingerprint density at radius 3 is 2.59 bits per heavy atom. The summed E-state index contributed by atoms with van der Waals surface area (Å²) in [7, 11) is 5.31. The van der Waals surface area contributed by atoms with E-state index in [2.05, 4.69) is 0 Å². The van der Waals surface area contributed by atoms with E-state index in [1.54, 1.807) is 19.2 Å². The second-order valence-electron chi connectivity index (χ2n) is 4.16. The van der Waals surface area contributed by atoms with Crippen molar-refractivity contribution < 1.29 is 42.6 Å². The van der Waals surface area contributed by atoms with Gasteiger partial charge in [0.15, 0.2) is 5.78 Å². The highest BCUT2D eigenvalue weighted by Crippen LogP contribution is 2.08. The first-order chi connectivity index (χ1) is 7.44. The topological polar surface area (TPSA) is 26.3 Å². The van der Waals surface area contributed by atoms with E-state index >= 15 is 0 Å². The van der Waals surface area contributed by atoms with Gasteiger partial charge in [-0.05, 0) is 12.1 Å². The molecule has 0 aliphatic carbocycles. The Kier molecular flexibility index (Phi) is 6.81. The van der Waals surface area contributed by atoms with Gasteiger partial charge in [-0.1, -0.05) is 12.1 Å². The van der Waals surface area contributed by atoms with Gasteiger partial charge in [-0.2, -0.15) is 4.65 Å². The summed E-state index contributed by atoms with van der Waals surface area (Å²) in [5, 5.41) is 0. The van der Waals surface area contributed by atoms with Gasteiger partial charge >= 0.3 is 0 Å². The standard InChI is InChI=1S/C12H17FNO2.HI/c1-14(2,16-3)8-7-12(15)10-5-4-6-11(13)9-10;/h4-6,9H,7-8H2,1-3H3;1H/q+1;/p-1.